The first-order valence-electron chi connectivity index (χ1n) is 9.05. The van der Waals surface area contributed by atoms with Crippen molar-refractivity contribution in [3.05, 3.63) is 40.4 Å². The van der Waals surface area contributed by atoms with Crippen molar-refractivity contribution in [2.24, 2.45) is 0 Å². The van der Waals surface area contributed by atoms with Crippen molar-refractivity contribution in [3.63, 3.8) is 0 Å². The summed E-state index contributed by atoms with van der Waals surface area (Å²) in [4.78, 5) is 11.8. The topological polar surface area (TPSA) is 103 Å². The van der Waals surface area contributed by atoms with E-state index in [0.717, 1.165) is 44.1 Å². The summed E-state index contributed by atoms with van der Waals surface area (Å²) in [5.74, 6) is 2.84. The lowest BCUT2D eigenvalue weighted by Crippen LogP contribution is -2.02. The van der Waals surface area contributed by atoms with Gasteiger partial charge < -0.3 is 15.5 Å². The Balaban J connectivity index is 1.27. The van der Waals surface area contributed by atoms with E-state index in [4.69, 9.17) is 15.1 Å². The molecule has 1 aliphatic carbocycles. The first kappa shape index (κ1) is 17.9. The van der Waals surface area contributed by atoms with Gasteiger partial charge in [-0.1, -0.05) is 23.1 Å². The highest BCUT2D eigenvalue weighted by Gasteiger charge is 2.20. The van der Waals surface area contributed by atoms with Crippen molar-refractivity contribution in [1.29, 1.82) is 0 Å². The van der Waals surface area contributed by atoms with Gasteiger partial charge in [0.1, 0.15) is 22.2 Å². The normalized spacial score (nSPS) is 13.7. The first-order valence-corrected chi connectivity index (χ1v) is 11.7. The van der Waals surface area contributed by atoms with Crippen LogP contribution in [0.4, 0.5) is 10.9 Å². The molecule has 3 N–H and O–H groups in total. The van der Waals surface area contributed by atoms with Gasteiger partial charge in [0.05, 0.1) is 23.9 Å². The van der Waals surface area contributed by atoms with Crippen LogP contribution in [0.25, 0.3) is 10.2 Å². The van der Waals surface area contributed by atoms with Gasteiger partial charge in [0.2, 0.25) is 5.13 Å². The van der Waals surface area contributed by atoms with Crippen LogP contribution in [0.5, 0.6) is 0 Å². The van der Waals surface area contributed by atoms with Crippen molar-refractivity contribution in [2.45, 2.75) is 42.3 Å². The molecule has 4 heterocycles. The number of hydrogen-bond donors (Lipinski definition) is 2. The maximum absolute atomic E-state index is 6.29. The number of thioether (sulfide) groups is 1. The molecular formula is C18H18N6OS3. The smallest absolute Gasteiger partial charge is 0.206 e. The zero-order valence-electron chi connectivity index (χ0n) is 15.0. The van der Waals surface area contributed by atoms with Gasteiger partial charge in [-0.15, -0.1) is 21.5 Å². The molecule has 0 bridgehead atoms. The summed E-state index contributed by atoms with van der Waals surface area (Å²) in [6, 6.07) is 3.79. The van der Waals surface area contributed by atoms with Crippen LogP contribution in [0.2, 0.25) is 0 Å². The molecular weight excluding hydrogens is 412 g/mol. The van der Waals surface area contributed by atoms with E-state index in [-0.39, 0.29) is 0 Å². The van der Waals surface area contributed by atoms with E-state index < -0.39 is 0 Å². The Bertz CT molecular complexity index is 1100. The summed E-state index contributed by atoms with van der Waals surface area (Å²) in [5, 5.41) is 13.5. The molecule has 0 spiro atoms. The Hall–Kier alpha value is -2.17. The van der Waals surface area contributed by atoms with E-state index >= 15 is 0 Å². The molecule has 0 radical (unpaired) electrons. The van der Waals surface area contributed by atoms with Crippen LogP contribution in [-0.2, 0) is 25.1 Å². The van der Waals surface area contributed by atoms with Gasteiger partial charge in [0.25, 0.3) is 0 Å². The standard InChI is InChI=1S/C18H18N6OS3/c19-15-14-11-5-1-2-6-12(11)27-16(14)22-13(21-15)9-26-18-24-23-17(28-18)20-8-10-4-3-7-25-10/h3-4,7H,1-2,5-6,8-9H2,(H,20,23)(H2,19,21,22). The summed E-state index contributed by atoms with van der Waals surface area (Å²) in [5.41, 5.74) is 7.66. The molecule has 0 unspecified atom stereocenters. The maximum atomic E-state index is 6.29. The SMILES string of the molecule is Nc1nc(CSc2nnc(NCc3ccco3)s2)nc2sc3c(c12)CCCC3. The van der Waals surface area contributed by atoms with Gasteiger partial charge in [-0.05, 0) is 43.4 Å². The lowest BCUT2D eigenvalue weighted by Gasteiger charge is -2.10. The van der Waals surface area contributed by atoms with Crippen LogP contribution in [0, 0.1) is 0 Å². The Labute approximate surface area is 173 Å². The Morgan fingerprint density at radius 2 is 2.11 bits per heavy atom. The number of rotatable bonds is 6. The minimum Gasteiger partial charge on any atom is -0.467 e. The van der Waals surface area contributed by atoms with Crippen molar-refractivity contribution < 1.29 is 4.42 Å². The molecule has 28 heavy (non-hydrogen) atoms. The number of furan rings is 1. The summed E-state index contributed by atoms with van der Waals surface area (Å²) in [7, 11) is 0. The van der Waals surface area contributed by atoms with Crippen LogP contribution in [0.15, 0.2) is 27.2 Å². The molecule has 1 aliphatic rings. The molecule has 0 aromatic carbocycles. The third-order valence-corrected chi connectivity index (χ3v) is 7.81. The van der Waals surface area contributed by atoms with Crippen LogP contribution < -0.4 is 11.1 Å². The molecule has 10 heteroatoms. The predicted molar refractivity (Wildman–Crippen MR) is 114 cm³/mol. The van der Waals surface area contributed by atoms with E-state index in [9.17, 15) is 0 Å². The third kappa shape index (κ3) is 3.59. The second-order valence-corrected chi connectivity index (χ2v) is 9.79. The molecule has 0 saturated heterocycles. The highest BCUT2D eigenvalue weighted by molar-refractivity contribution is 8.00. The molecule has 0 fully saturated rings. The van der Waals surface area contributed by atoms with Crippen LogP contribution in [0.3, 0.4) is 0 Å². The van der Waals surface area contributed by atoms with Gasteiger partial charge >= 0.3 is 0 Å². The van der Waals surface area contributed by atoms with Crippen LogP contribution in [-0.4, -0.2) is 20.2 Å². The number of thiophene rings is 1. The van der Waals surface area contributed by atoms with E-state index in [2.05, 4.69) is 20.5 Å². The summed E-state index contributed by atoms with van der Waals surface area (Å²) in [6.45, 7) is 0.589. The number of hydrogen-bond acceptors (Lipinski definition) is 10. The summed E-state index contributed by atoms with van der Waals surface area (Å²) < 4.78 is 6.18. The largest absolute Gasteiger partial charge is 0.467 e. The predicted octanol–water partition coefficient (Wildman–Crippen LogP) is 4.50. The van der Waals surface area contributed by atoms with Crippen LogP contribution >= 0.6 is 34.4 Å². The number of aryl methyl sites for hydroxylation is 2. The average molecular weight is 431 g/mol. The zero-order valence-corrected chi connectivity index (χ0v) is 17.4. The number of nitrogen functional groups attached to an aromatic ring is 1. The Morgan fingerprint density at radius 3 is 3.00 bits per heavy atom. The fourth-order valence-corrected chi connectivity index (χ4v) is 6.23. The van der Waals surface area contributed by atoms with Gasteiger partial charge in [-0.25, -0.2) is 9.97 Å². The maximum Gasteiger partial charge on any atom is 0.206 e. The molecule has 0 amide bonds. The average Bonchev–Trinajstić information content (AvgIpc) is 3.43. The first-order chi connectivity index (χ1) is 13.8. The number of nitrogens with two attached hydrogens (primary N) is 1. The highest BCUT2D eigenvalue weighted by atomic mass is 32.2. The van der Waals surface area contributed by atoms with Crippen molar-refractivity contribution in [3.8, 4) is 0 Å². The number of nitrogens with one attached hydrogen (secondary N) is 1. The van der Waals surface area contributed by atoms with E-state index in [0.29, 0.717) is 18.1 Å². The number of nitrogens with zero attached hydrogens (tertiary/aromatic N) is 4. The van der Waals surface area contributed by atoms with Gasteiger partial charge in [-0.2, -0.15) is 0 Å². The number of fused-ring (bicyclic) bond motifs is 3. The summed E-state index contributed by atoms with van der Waals surface area (Å²) in [6.07, 6.45) is 6.37. The fourth-order valence-electron chi connectivity index (χ4n) is 3.34. The fraction of sp³-hybridized carbons (Fsp3) is 0.333. The second kappa shape index (κ2) is 7.69. The zero-order chi connectivity index (χ0) is 18.9. The molecule has 0 atom stereocenters. The van der Waals surface area contributed by atoms with E-state index in [1.165, 1.54) is 34.6 Å². The van der Waals surface area contributed by atoms with Crippen molar-refractivity contribution in [1.82, 2.24) is 20.2 Å². The minimum atomic E-state index is 0.589. The summed E-state index contributed by atoms with van der Waals surface area (Å²) >= 11 is 4.86. The lowest BCUT2D eigenvalue weighted by molar-refractivity contribution is 0.518. The number of anilines is 2. The third-order valence-electron chi connectivity index (χ3n) is 4.61. The molecule has 4 aromatic heterocycles. The van der Waals surface area contributed by atoms with E-state index in [1.807, 2.05) is 12.1 Å². The quantitative estimate of drug-likeness (QED) is 0.431. The minimum absolute atomic E-state index is 0.589. The van der Waals surface area contributed by atoms with E-state index in [1.54, 1.807) is 29.4 Å². The van der Waals surface area contributed by atoms with Gasteiger partial charge in [0.15, 0.2) is 4.34 Å². The molecule has 4 aromatic rings. The monoisotopic (exact) mass is 430 g/mol. The van der Waals surface area contributed by atoms with Crippen molar-refractivity contribution in [2.75, 3.05) is 11.1 Å². The van der Waals surface area contributed by atoms with Crippen molar-refractivity contribution >= 4 is 55.6 Å². The Kier molecular flexibility index (Phi) is 4.91. The lowest BCUT2D eigenvalue weighted by atomic mass is 9.97. The molecule has 0 saturated carbocycles. The molecule has 7 nitrogen and oxygen atoms in total. The van der Waals surface area contributed by atoms with Gasteiger partial charge in [-0.3, -0.25) is 0 Å². The number of aromatic nitrogens is 4. The molecule has 144 valence electrons. The Morgan fingerprint density at radius 1 is 1.18 bits per heavy atom. The highest BCUT2D eigenvalue weighted by Crippen LogP contribution is 2.38. The second-order valence-electron chi connectivity index (χ2n) is 6.51. The van der Waals surface area contributed by atoms with Crippen LogP contribution in [0.1, 0.15) is 34.9 Å². The van der Waals surface area contributed by atoms with Gasteiger partial charge in [0, 0.05) is 4.88 Å². The molecule has 5 rings (SSSR count). The molecule has 0 aliphatic heterocycles.